The Morgan fingerprint density at radius 3 is 2.72 bits per heavy atom. The standard InChI is InChI=1S/C19H24N4O2/c1-12(2)8-14-10-17(22-19(20)21-14)18(25)23(15-6-7-15)11-13-4-3-5-16(24)9-13/h3-5,9-10,12,15,24H,6-8,11H2,1-2H3,(H2,20,21,22). The molecule has 0 aliphatic heterocycles. The number of aromatic nitrogens is 2. The van der Waals surface area contributed by atoms with E-state index in [9.17, 15) is 9.90 Å². The van der Waals surface area contributed by atoms with Crippen molar-refractivity contribution >= 4 is 11.9 Å². The second-order valence-electron chi connectivity index (χ2n) is 7.03. The van der Waals surface area contributed by atoms with Crippen LogP contribution in [0.4, 0.5) is 5.95 Å². The Morgan fingerprint density at radius 1 is 1.32 bits per heavy atom. The van der Waals surface area contributed by atoms with Gasteiger partial charge in [0.25, 0.3) is 5.91 Å². The molecule has 1 aliphatic carbocycles. The predicted molar refractivity (Wildman–Crippen MR) is 96.0 cm³/mol. The maximum atomic E-state index is 13.0. The molecular formula is C19H24N4O2. The average molecular weight is 340 g/mol. The number of phenols is 1. The minimum absolute atomic E-state index is 0.134. The van der Waals surface area contributed by atoms with Gasteiger partial charge in [0.15, 0.2) is 0 Å². The molecule has 0 atom stereocenters. The summed E-state index contributed by atoms with van der Waals surface area (Å²) in [4.78, 5) is 23.2. The fourth-order valence-electron chi connectivity index (χ4n) is 2.90. The molecule has 3 N–H and O–H groups in total. The summed E-state index contributed by atoms with van der Waals surface area (Å²) in [5.41, 5.74) is 7.84. The summed E-state index contributed by atoms with van der Waals surface area (Å²) in [7, 11) is 0. The van der Waals surface area contributed by atoms with Crippen LogP contribution in [0.3, 0.4) is 0 Å². The molecule has 25 heavy (non-hydrogen) atoms. The van der Waals surface area contributed by atoms with Crippen molar-refractivity contribution in [2.75, 3.05) is 5.73 Å². The molecule has 0 saturated heterocycles. The van der Waals surface area contributed by atoms with Gasteiger partial charge in [-0.3, -0.25) is 4.79 Å². The number of nitrogens with two attached hydrogens (primary N) is 1. The summed E-state index contributed by atoms with van der Waals surface area (Å²) < 4.78 is 0. The van der Waals surface area contributed by atoms with Gasteiger partial charge in [0.05, 0.1) is 0 Å². The summed E-state index contributed by atoms with van der Waals surface area (Å²) in [5.74, 6) is 0.620. The van der Waals surface area contributed by atoms with Crippen molar-refractivity contribution < 1.29 is 9.90 Å². The van der Waals surface area contributed by atoms with Gasteiger partial charge in [-0.2, -0.15) is 0 Å². The first-order valence-electron chi connectivity index (χ1n) is 8.64. The molecule has 1 aromatic heterocycles. The van der Waals surface area contributed by atoms with E-state index in [4.69, 9.17) is 5.73 Å². The Kier molecular flexibility index (Phi) is 4.88. The Hall–Kier alpha value is -2.63. The molecule has 6 nitrogen and oxygen atoms in total. The molecule has 0 radical (unpaired) electrons. The van der Waals surface area contributed by atoms with Crippen LogP contribution in [0.15, 0.2) is 30.3 Å². The molecule has 2 aromatic rings. The summed E-state index contributed by atoms with van der Waals surface area (Å²) in [6.45, 7) is 4.64. The smallest absolute Gasteiger partial charge is 0.273 e. The molecule has 0 spiro atoms. The molecule has 1 amide bonds. The van der Waals surface area contributed by atoms with Crippen molar-refractivity contribution in [2.45, 2.75) is 45.7 Å². The number of aromatic hydroxyl groups is 1. The number of phenolic OH excluding ortho intramolecular Hbond substituents is 1. The van der Waals surface area contributed by atoms with E-state index in [1.807, 2.05) is 11.0 Å². The Labute approximate surface area is 147 Å². The molecule has 6 heteroatoms. The number of nitrogens with zero attached hydrogens (tertiary/aromatic N) is 3. The van der Waals surface area contributed by atoms with Gasteiger partial charge in [-0.25, -0.2) is 9.97 Å². The third-order valence-electron chi connectivity index (χ3n) is 4.14. The zero-order valence-corrected chi connectivity index (χ0v) is 14.6. The number of nitrogen functional groups attached to an aromatic ring is 1. The van der Waals surface area contributed by atoms with Crippen molar-refractivity contribution in [3.8, 4) is 5.75 Å². The predicted octanol–water partition coefficient (Wildman–Crippen LogP) is 2.77. The monoisotopic (exact) mass is 340 g/mol. The second kappa shape index (κ2) is 7.09. The van der Waals surface area contributed by atoms with Crippen molar-refractivity contribution in [3.05, 3.63) is 47.3 Å². The molecular weight excluding hydrogens is 316 g/mol. The largest absolute Gasteiger partial charge is 0.508 e. The lowest BCUT2D eigenvalue weighted by Gasteiger charge is -2.22. The summed E-state index contributed by atoms with van der Waals surface area (Å²) in [6.07, 6.45) is 2.73. The van der Waals surface area contributed by atoms with Gasteiger partial charge in [0.1, 0.15) is 11.4 Å². The van der Waals surface area contributed by atoms with Crippen LogP contribution in [-0.4, -0.2) is 31.9 Å². The fourth-order valence-corrected chi connectivity index (χ4v) is 2.90. The first-order chi connectivity index (χ1) is 11.9. The highest BCUT2D eigenvalue weighted by Crippen LogP contribution is 2.30. The van der Waals surface area contributed by atoms with Crippen LogP contribution in [0.2, 0.25) is 0 Å². The van der Waals surface area contributed by atoms with Gasteiger partial charge in [0, 0.05) is 18.3 Å². The molecule has 1 heterocycles. The van der Waals surface area contributed by atoms with Gasteiger partial charge in [-0.05, 0) is 48.9 Å². The van der Waals surface area contributed by atoms with Crippen LogP contribution in [0, 0.1) is 5.92 Å². The van der Waals surface area contributed by atoms with Gasteiger partial charge >= 0.3 is 0 Å². The lowest BCUT2D eigenvalue weighted by atomic mass is 10.1. The van der Waals surface area contributed by atoms with E-state index in [0.29, 0.717) is 18.2 Å². The fraction of sp³-hybridized carbons (Fsp3) is 0.421. The molecule has 3 rings (SSSR count). The van der Waals surface area contributed by atoms with E-state index in [1.165, 1.54) is 0 Å². The number of anilines is 1. The number of hydrogen-bond donors (Lipinski definition) is 2. The molecule has 1 fully saturated rings. The Balaban J connectivity index is 1.84. The lowest BCUT2D eigenvalue weighted by Crippen LogP contribution is -2.33. The SMILES string of the molecule is CC(C)Cc1cc(C(=O)N(Cc2cccc(O)c2)C2CC2)nc(N)n1. The zero-order chi connectivity index (χ0) is 18.0. The van der Waals surface area contributed by atoms with Crippen LogP contribution in [0.1, 0.15) is 48.4 Å². The van der Waals surface area contributed by atoms with Crippen molar-refractivity contribution in [1.29, 1.82) is 0 Å². The van der Waals surface area contributed by atoms with Crippen LogP contribution in [0.5, 0.6) is 5.75 Å². The van der Waals surface area contributed by atoms with Crippen LogP contribution in [0.25, 0.3) is 0 Å². The van der Waals surface area contributed by atoms with E-state index in [0.717, 1.165) is 30.5 Å². The van der Waals surface area contributed by atoms with Gasteiger partial charge < -0.3 is 15.7 Å². The second-order valence-corrected chi connectivity index (χ2v) is 7.03. The highest BCUT2D eigenvalue weighted by Gasteiger charge is 2.34. The van der Waals surface area contributed by atoms with E-state index in [-0.39, 0.29) is 23.6 Å². The molecule has 1 aliphatic rings. The highest BCUT2D eigenvalue weighted by molar-refractivity contribution is 5.93. The molecule has 0 bridgehead atoms. The number of benzene rings is 1. The maximum Gasteiger partial charge on any atom is 0.273 e. The number of carbonyl (C=O) groups excluding carboxylic acids is 1. The van der Waals surface area contributed by atoms with Gasteiger partial charge in [-0.15, -0.1) is 0 Å². The summed E-state index contributed by atoms with van der Waals surface area (Å²) in [5, 5.41) is 9.65. The maximum absolute atomic E-state index is 13.0. The molecule has 132 valence electrons. The third-order valence-corrected chi connectivity index (χ3v) is 4.14. The van der Waals surface area contributed by atoms with Crippen molar-refractivity contribution in [2.24, 2.45) is 5.92 Å². The number of carbonyl (C=O) groups is 1. The minimum atomic E-state index is -0.134. The third kappa shape index (κ3) is 4.47. The number of rotatable bonds is 6. The van der Waals surface area contributed by atoms with E-state index >= 15 is 0 Å². The van der Waals surface area contributed by atoms with E-state index in [1.54, 1.807) is 24.3 Å². The topological polar surface area (TPSA) is 92.3 Å². The molecule has 1 saturated carbocycles. The van der Waals surface area contributed by atoms with E-state index < -0.39 is 0 Å². The molecule has 0 unspecified atom stereocenters. The van der Waals surface area contributed by atoms with Gasteiger partial charge in [-0.1, -0.05) is 26.0 Å². The quantitative estimate of drug-likeness (QED) is 0.843. The molecule has 1 aromatic carbocycles. The first kappa shape index (κ1) is 17.2. The lowest BCUT2D eigenvalue weighted by molar-refractivity contribution is 0.0723. The normalized spacial score (nSPS) is 13.9. The average Bonchev–Trinajstić information content (AvgIpc) is 3.35. The highest BCUT2D eigenvalue weighted by atomic mass is 16.3. The minimum Gasteiger partial charge on any atom is -0.508 e. The van der Waals surface area contributed by atoms with Crippen LogP contribution < -0.4 is 5.73 Å². The summed E-state index contributed by atoms with van der Waals surface area (Å²) in [6, 6.07) is 8.96. The van der Waals surface area contributed by atoms with Crippen molar-refractivity contribution in [3.63, 3.8) is 0 Å². The number of hydrogen-bond acceptors (Lipinski definition) is 5. The van der Waals surface area contributed by atoms with E-state index in [2.05, 4.69) is 23.8 Å². The van der Waals surface area contributed by atoms with Crippen LogP contribution >= 0.6 is 0 Å². The first-order valence-corrected chi connectivity index (χ1v) is 8.64. The Bertz CT molecular complexity index is 772. The van der Waals surface area contributed by atoms with Crippen LogP contribution in [-0.2, 0) is 13.0 Å². The van der Waals surface area contributed by atoms with Crippen molar-refractivity contribution in [1.82, 2.24) is 14.9 Å². The van der Waals surface area contributed by atoms with Gasteiger partial charge in [0.2, 0.25) is 5.95 Å². The number of amides is 1. The zero-order valence-electron chi connectivity index (χ0n) is 14.6. The Morgan fingerprint density at radius 2 is 2.08 bits per heavy atom. The summed E-state index contributed by atoms with van der Waals surface area (Å²) >= 11 is 0.